The molecule has 0 spiro atoms. The van der Waals surface area contributed by atoms with E-state index in [2.05, 4.69) is 20.4 Å². The van der Waals surface area contributed by atoms with Crippen LogP contribution < -0.4 is 11.1 Å². The van der Waals surface area contributed by atoms with Crippen LogP contribution >= 0.6 is 0 Å². The van der Waals surface area contributed by atoms with Crippen LogP contribution in [0.3, 0.4) is 0 Å². The van der Waals surface area contributed by atoms with Crippen LogP contribution in [-0.2, 0) is 4.74 Å². The molecule has 0 unspecified atom stereocenters. The molecule has 5 rings (SSSR count). The van der Waals surface area contributed by atoms with Crippen LogP contribution in [0.4, 0.5) is 11.5 Å². The number of methoxy groups -OCH3 is 1. The topological polar surface area (TPSA) is 124 Å². The highest BCUT2D eigenvalue weighted by Gasteiger charge is 2.24. The van der Waals surface area contributed by atoms with Gasteiger partial charge in [-0.25, -0.2) is 14.8 Å². The number of hydrogen-bond acceptors (Lipinski definition) is 7. The molecule has 1 amide bonds. The highest BCUT2D eigenvalue weighted by molar-refractivity contribution is 6.16. The number of ether oxygens (including phenoxy) is 1. The number of nitrogens with two attached hydrogens (primary N) is 1. The predicted molar refractivity (Wildman–Crippen MR) is 139 cm³/mol. The molecule has 9 heteroatoms. The van der Waals surface area contributed by atoms with Crippen molar-refractivity contribution in [2.75, 3.05) is 18.2 Å². The van der Waals surface area contributed by atoms with Crippen molar-refractivity contribution in [2.45, 2.75) is 6.92 Å². The van der Waals surface area contributed by atoms with E-state index in [9.17, 15) is 9.59 Å². The van der Waals surface area contributed by atoms with Crippen molar-refractivity contribution in [2.24, 2.45) is 5.10 Å². The van der Waals surface area contributed by atoms with Gasteiger partial charge in [0.05, 0.1) is 29.9 Å². The molecule has 2 heterocycles. The van der Waals surface area contributed by atoms with Gasteiger partial charge in [-0.15, -0.1) is 0 Å². The van der Waals surface area contributed by atoms with Crippen LogP contribution in [0.5, 0.6) is 0 Å². The van der Waals surface area contributed by atoms with Crippen molar-refractivity contribution < 1.29 is 14.3 Å². The smallest absolute Gasteiger partial charge is 0.337 e. The van der Waals surface area contributed by atoms with E-state index in [1.54, 1.807) is 30.5 Å². The third kappa shape index (κ3) is 4.25. The molecule has 0 radical (unpaired) electrons. The highest BCUT2D eigenvalue weighted by Crippen LogP contribution is 2.28. The quantitative estimate of drug-likeness (QED) is 0.285. The number of esters is 1. The van der Waals surface area contributed by atoms with Gasteiger partial charge < -0.3 is 15.8 Å². The van der Waals surface area contributed by atoms with Gasteiger partial charge in [0, 0.05) is 5.69 Å². The number of carbonyl (C=O) groups is 2. The largest absolute Gasteiger partial charge is 0.465 e. The summed E-state index contributed by atoms with van der Waals surface area (Å²) < 4.78 is 6.13. The fourth-order valence-corrected chi connectivity index (χ4v) is 3.77. The third-order valence-electron chi connectivity index (χ3n) is 5.66. The van der Waals surface area contributed by atoms with E-state index in [1.807, 2.05) is 55.5 Å². The average Bonchev–Trinajstić information content (AvgIpc) is 3.17. The molecule has 0 bridgehead atoms. The molecule has 178 valence electrons. The lowest BCUT2D eigenvalue weighted by Crippen LogP contribution is -2.14. The number of fused-ring (bicyclic) bond motifs is 2. The summed E-state index contributed by atoms with van der Waals surface area (Å²) in [5, 5.41) is 7.38. The normalized spacial score (nSPS) is 11.3. The maximum Gasteiger partial charge on any atom is 0.337 e. The zero-order valence-electron chi connectivity index (χ0n) is 19.6. The Bertz CT molecular complexity index is 1640. The summed E-state index contributed by atoms with van der Waals surface area (Å²) in [6, 6.07) is 21.5. The third-order valence-corrected chi connectivity index (χ3v) is 5.66. The monoisotopic (exact) mass is 478 g/mol. The van der Waals surface area contributed by atoms with Crippen molar-refractivity contribution in [3.63, 3.8) is 0 Å². The van der Waals surface area contributed by atoms with Crippen molar-refractivity contribution >= 4 is 51.8 Å². The van der Waals surface area contributed by atoms with E-state index in [-0.39, 0.29) is 11.4 Å². The molecule has 0 aliphatic carbocycles. The summed E-state index contributed by atoms with van der Waals surface area (Å²) in [6.45, 7) is 1.97. The standard InChI is InChI=1S/C27H22N6O3/c1-16-7-13-19(14-8-16)30-26(34)22-23-25(32-21-6-4-3-5-20(21)31-23)33(24(22)28)29-15-17-9-11-18(12-10-17)27(35)36-2/h3-15H,28H2,1-2H3,(H,30,34)/b29-15+. The second-order valence-electron chi connectivity index (χ2n) is 8.13. The minimum atomic E-state index is -0.425. The summed E-state index contributed by atoms with van der Waals surface area (Å²) in [7, 11) is 1.33. The van der Waals surface area contributed by atoms with Gasteiger partial charge in [0.1, 0.15) is 16.9 Å². The van der Waals surface area contributed by atoms with Crippen LogP contribution in [0, 0.1) is 6.92 Å². The number of hydrogen-bond donors (Lipinski definition) is 2. The molecule has 0 atom stereocenters. The summed E-state index contributed by atoms with van der Waals surface area (Å²) in [6.07, 6.45) is 1.56. The molecule has 36 heavy (non-hydrogen) atoms. The van der Waals surface area contributed by atoms with Gasteiger partial charge in [-0.05, 0) is 48.9 Å². The minimum Gasteiger partial charge on any atom is -0.465 e. The maximum atomic E-state index is 13.3. The summed E-state index contributed by atoms with van der Waals surface area (Å²) in [5.41, 5.74) is 11.5. The number of benzene rings is 3. The first-order valence-electron chi connectivity index (χ1n) is 11.1. The van der Waals surface area contributed by atoms with Crippen LogP contribution in [0.1, 0.15) is 31.8 Å². The fourth-order valence-electron chi connectivity index (χ4n) is 3.77. The SMILES string of the molecule is COC(=O)c1ccc(/C=N/n2c(N)c(C(=O)Nc3ccc(C)cc3)c3nc4ccccc4nc32)cc1. The Kier molecular flexibility index (Phi) is 5.87. The summed E-state index contributed by atoms with van der Waals surface area (Å²) >= 11 is 0. The Labute approximate surface area is 206 Å². The Morgan fingerprint density at radius 2 is 1.64 bits per heavy atom. The average molecular weight is 479 g/mol. The van der Waals surface area contributed by atoms with E-state index in [4.69, 9.17) is 10.5 Å². The number of anilines is 2. The van der Waals surface area contributed by atoms with Gasteiger partial charge in [-0.1, -0.05) is 42.0 Å². The molecule has 0 fully saturated rings. The number of aromatic nitrogens is 3. The maximum absolute atomic E-state index is 13.3. The zero-order valence-corrected chi connectivity index (χ0v) is 19.6. The van der Waals surface area contributed by atoms with E-state index in [0.29, 0.717) is 39.0 Å². The van der Waals surface area contributed by atoms with Gasteiger partial charge in [-0.3, -0.25) is 4.79 Å². The second kappa shape index (κ2) is 9.30. The van der Waals surface area contributed by atoms with Gasteiger partial charge in [0.25, 0.3) is 5.91 Å². The Morgan fingerprint density at radius 1 is 0.972 bits per heavy atom. The Morgan fingerprint density at radius 3 is 2.31 bits per heavy atom. The lowest BCUT2D eigenvalue weighted by atomic mass is 10.1. The first kappa shape index (κ1) is 22.7. The molecule has 3 aromatic carbocycles. The number of para-hydroxylation sites is 2. The molecular weight excluding hydrogens is 456 g/mol. The van der Waals surface area contributed by atoms with Gasteiger partial charge in [-0.2, -0.15) is 9.78 Å². The molecule has 2 aromatic heterocycles. The van der Waals surface area contributed by atoms with Crippen LogP contribution in [0.25, 0.3) is 22.2 Å². The van der Waals surface area contributed by atoms with Crippen LogP contribution in [-0.4, -0.2) is 39.8 Å². The van der Waals surface area contributed by atoms with E-state index >= 15 is 0 Å². The second-order valence-corrected chi connectivity index (χ2v) is 8.13. The molecule has 9 nitrogen and oxygen atoms in total. The minimum absolute atomic E-state index is 0.104. The fraction of sp³-hybridized carbons (Fsp3) is 0.0741. The predicted octanol–water partition coefficient (Wildman–Crippen LogP) is 4.40. The first-order chi connectivity index (χ1) is 17.4. The molecule has 0 saturated carbocycles. The lowest BCUT2D eigenvalue weighted by molar-refractivity contribution is 0.0600. The molecule has 5 aromatic rings. The highest BCUT2D eigenvalue weighted by atomic mass is 16.5. The summed E-state index contributed by atoms with van der Waals surface area (Å²) in [5.74, 6) is -0.736. The van der Waals surface area contributed by atoms with E-state index in [1.165, 1.54) is 11.8 Å². The number of aryl methyl sites for hydroxylation is 1. The van der Waals surface area contributed by atoms with E-state index in [0.717, 1.165) is 5.56 Å². The van der Waals surface area contributed by atoms with Crippen molar-refractivity contribution in [1.29, 1.82) is 0 Å². The zero-order chi connectivity index (χ0) is 25.2. The first-order valence-corrected chi connectivity index (χ1v) is 11.1. The van der Waals surface area contributed by atoms with Crippen LogP contribution in [0.15, 0.2) is 77.9 Å². The Hall–Kier alpha value is -5.05. The van der Waals surface area contributed by atoms with Gasteiger partial charge in [0.2, 0.25) is 0 Å². The summed E-state index contributed by atoms with van der Waals surface area (Å²) in [4.78, 5) is 34.4. The van der Waals surface area contributed by atoms with Crippen molar-refractivity contribution in [3.8, 4) is 0 Å². The molecule has 0 aliphatic heterocycles. The van der Waals surface area contributed by atoms with E-state index < -0.39 is 11.9 Å². The molecule has 0 aliphatic rings. The van der Waals surface area contributed by atoms with Gasteiger partial charge in [0.15, 0.2) is 5.65 Å². The number of carbonyl (C=O) groups excluding carboxylic acids is 2. The van der Waals surface area contributed by atoms with Gasteiger partial charge >= 0.3 is 5.97 Å². The van der Waals surface area contributed by atoms with Crippen molar-refractivity contribution in [1.82, 2.24) is 14.6 Å². The lowest BCUT2D eigenvalue weighted by Gasteiger charge is -2.06. The number of nitrogens with one attached hydrogen (secondary N) is 1. The number of rotatable bonds is 5. The number of amides is 1. The molecular formula is C27H22N6O3. The number of nitrogen functional groups attached to an aromatic ring is 1. The Balaban J connectivity index is 1.59. The van der Waals surface area contributed by atoms with Crippen molar-refractivity contribution in [3.05, 3.63) is 95.1 Å². The van der Waals surface area contributed by atoms with Crippen LogP contribution in [0.2, 0.25) is 0 Å². The molecule has 0 saturated heterocycles. The molecule has 3 N–H and O–H groups in total. The number of nitrogens with zero attached hydrogens (tertiary/aromatic N) is 4.